The first-order valence-electron chi connectivity index (χ1n) is 8.13. The summed E-state index contributed by atoms with van der Waals surface area (Å²) in [6, 6.07) is 0. The summed E-state index contributed by atoms with van der Waals surface area (Å²) in [4.78, 5) is 10.7. The van der Waals surface area contributed by atoms with Gasteiger partial charge in [-0.3, -0.25) is 0 Å². The smallest absolute Gasteiger partial charge is 0.332 e. The molecule has 0 aromatic carbocycles. The van der Waals surface area contributed by atoms with E-state index in [4.69, 9.17) is 9.84 Å². The van der Waals surface area contributed by atoms with E-state index in [1.54, 1.807) is 0 Å². The molecular weight excluding hydrogens is 252 g/mol. The van der Waals surface area contributed by atoms with Gasteiger partial charge in [0.25, 0.3) is 0 Å². The molecule has 0 fully saturated rings. The Kier molecular flexibility index (Phi) is 14.0. The van der Waals surface area contributed by atoms with E-state index < -0.39 is 12.1 Å². The topological polar surface area (TPSA) is 46.5 Å². The zero-order chi connectivity index (χ0) is 15.1. The van der Waals surface area contributed by atoms with E-state index in [1.807, 2.05) is 0 Å². The van der Waals surface area contributed by atoms with Gasteiger partial charge in [0.2, 0.25) is 0 Å². The Morgan fingerprint density at radius 1 is 1.00 bits per heavy atom. The van der Waals surface area contributed by atoms with E-state index in [0.717, 1.165) is 19.3 Å². The van der Waals surface area contributed by atoms with Crippen LogP contribution < -0.4 is 0 Å². The normalized spacial score (nSPS) is 12.9. The molecule has 118 valence electrons. The number of hydrogen-bond acceptors (Lipinski definition) is 2. The Hall–Kier alpha value is -0.830. The molecule has 0 heterocycles. The standard InChI is InChI=1S/C17H32O3/c1-3-4-5-6-7-8-9-10-11-12-13-14-15-16(20-2)17(18)19/h11-12,16H,3-10,13-15H2,1-2H3,(H,18,19)/b12-11-. The minimum Gasteiger partial charge on any atom is -0.479 e. The fraction of sp³-hybridized carbons (Fsp3) is 0.824. The predicted molar refractivity (Wildman–Crippen MR) is 84.0 cm³/mol. The van der Waals surface area contributed by atoms with Crippen molar-refractivity contribution in [1.29, 1.82) is 0 Å². The fourth-order valence-corrected chi connectivity index (χ4v) is 2.22. The van der Waals surface area contributed by atoms with E-state index in [0.29, 0.717) is 6.42 Å². The second-order valence-electron chi connectivity index (χ2n) is 5.37. The molecule has 1 atom stereocenters. The Bertz CT molecular complexity index is 249. The van der Waals surface area contributed by atoms with Gasteiger partial charge in [0, 0.05) is 7.11 Å². The maximum Gasteiger partial charge on any atom is 0.332 e. The van der Waals surface area contributed by atoms with Crippen molar-refractivity contribution in [1.82, 2.24) is 0 Å². The largest absolute Gasteiger partial charge is 0.479 e. The number of carboxylic acids is 1. The summed E-state index contributed by atoms with van der Waals surface area (Å²) in [7, 11) is 1.45. The number of carbonyl (C=O) groups is 1. The number of aliphatic carboxylic acids is 1. The van der Waals surface area contributed by atoms with Gasteiger partial charge in [-0.2, -0.15) is 0 Å². The monoisotopic (exact) mass is 284 g/mol. The van der Waals surface area contributed by atoms with Gasteiger partial charge in [-0.05, 0) is 32.1 Å². The molecule has 0 radical (unpaired) electrons. The van der Waals surface area contributed by atoms with Crippen molar-refractivity contribution in [2.75, 3.05) is 7.11 Å². The molecule has 1 N–H and O–H groups in total. The van der Waals surface area contributed by atoms with Crippen LogP contribution in [0.4, 0.5) is 0 Å². The summed E-state index contributed by atoms with van der Waals surface area (Å²) in [6.45, 7) is 2.25. The molecule has 0 saturated carbocycles. The van der Waals surface area contributed by atoms with Gasteiger partial charge >= 0.3 is 5.97 Å². The minimum atomic E-state index is -0.862. The minimum absolute atomic E-state index is 0.591. The third-order valence-corrected chi connectivity index (χ3v) is 3.54. The van der Waals surface area contributed by atoms with Crippen LogP contribution in [-0.4, -0.2) is 24.3 Å². The second-order valence-corrected chi connectivity index (χ2v) is 5.37. The molecule has 0 aliphatic heterocycles. The van der Waals surface area contributed by atoms with Crippen LogP contribution in [0.2, 0.25) is 0 Å². The third-order valence-electron chi connectivity index (χ3n) is 3.54. The van der Waals surface area contributed by atoms with Crippen molar-refractivity contribution in [3.05, 3.63) is 12.2 Å². The van der Waals surface area contributed by atoms with Crippen molar-refractivity contribution >= 4 is 5.97 Å². The highest BCUT2D eigenvalue weighted by Gasteiger charge is 2.14. The number of unbranched alkanes of at least 4 members (excludes halogenated alkanes) is 8. The Balaban J connectivity index is 3.30. The maximum atomic E-state index is 10.7. The molecule has 3 nitrogen and oxygen atoms in total. The lowest BCUT2D eigenvalue weighted by Crippen LogP contribution is -2.21. The molecule has 0 aliphatic rings. The first-order valence-corrected chi connectivity index (χ1v) is 8.13. The quantitative estimate of drug-likeness (QED) is 0.362. The van der Waals surface area contributed by atoms with Crippen LogP contribution in [0.25, 0.3) is 0 Å². The lowest BCUT2D eigenvalue weighted by molar-refractivity contribution is -0.148. The van der Waals surface area contributed by atoms with Gasteiger partial charge < -0.3 is 9.84 Å². The van der Waals surface area contributed by atoms with Crippen LogP contribution in [0.15, 0.2) is 12.2 Å². The first-order chi connectivity index (χ1) is 9.72. The molecule has 0 aromatic rings. The molecule has 3 heteroatoms. The van der Waals surface area contributed by atoms with Gasteiger partial charge in [-0.1, -0.05) is 57.6 Å². The van der Waals surface area contributed by atoms with Crippen molar-refractivity contribution in [2.24, 2.45) is 0 Å². The summed E-state index contributed by atoms with van der Waals surface area (Å²) in [5, 5.41) is 8.81. The van der Waals surface area contributed by atoms with Crippen LogP contribution in [-0.2, 0) is 9.53 Å². The van der Waals surface area contributed by atoms with E-state index >= 15 is 0 Å². The maximum absolute atomic E-state index is 10.7. The second kappa shape index (κ2) is 14.6. The first kappa shape index (κ1) is 19.2. The van der Waals surface area contributed by atoms with Crippen molar-refractivity contribution in [3.63, 3.8) is 0 Å². The van der Waals surface area contributed by atoms with E-state index in [9.17, 15) is 4.79 Å². The number of rotatable bonds is 14. The summed E-state index contributed by atoms with van der Waals surface area (Å²) in [5.74, 6) is -0.862. The molecule has 0 amide bonds. The zero-order valence-corrected chi connectivity index (χ0v) is 13.3. The highest BCUT2D eigenvalue weighted by molar-refractivity contribution is 5.72. The number of hydrogen-bond donors (Lipinski definition) is 1. The molecular formula is C17H32O3. The van der Waals surface area contributed by atoms with Crippen LogP contribution in [0.1, 0.15) is 77.6 Å². The van der Waals surface area contributed by atoms with Crippen molar-refractivity contribution < 1.29 is 14.6 Å². The van der Waals surface area contributed by atoms with Gasteiger partial charge in [0.05, 0.1) is 0 Å². The number of carboxylic acid groups (broad SMARTS) is 1. The molecule has 0 rings (SSSR count). The highest BCUT2D eigenvalue weighted by Crippen LogP contribution is 2.09. The SMILES string of the molecule is CCCCCCCCC/C=C\CCCC(OC)C(=O)O. The molecule has 0 aromatic heterocycles. The lowest BCUT2D eigenvalue weighted by Gasteiger charge is -2.08. The van der Waals surface area contributed by atoms with Crippen LogP contribution in [0.5, 0.6) is 0 Å². The average Bonchev–Trinajstić information content (AvgIpc) is 2.43. The Morgan fingerprint density at radius 2 is 1.55 bits per heavy atom. The van der Waals surface area contributed by atoms with E-state index in [1.165, 1.54) is 52.1 Å². The van der Waals surface area contributed by atoms with Gasteiger partial charge in [0.15, 0.2) is 6.10 Å². The summed E-state index contributed by atoms with van der Waals surface area (Å²) < 4.78 is 4.89. The number of methoxy groups -OCH3 is 1. The predicted octanol–water partition coefficient (Wildman–Crippen LogP) is 4.95. The molecule has 0 aliphatic carbocycles. The van der Waals surface area contributed by atoms with Crippen LogP contribution in [0, 0.1) is 0 Å². The van der Waals surface area contributed by atoms with Crippen molar-refractivity contribution in [2.45, 2.75) is 83.7 Å². The Morgan fingerprint density at radius 3 is 2.10 bits per heavy atom. The van der Waals surface area contributed by atoms with E-state index in [-0.39, 0.29) is 0 Å². The van der Waals surface area contributed by atoms with Gasteiger partial charge in [0.1, 0.15) is 0 Å². The third kappa shape index (κ3) is 12.2. The van der Waals surface area contributed by atoms with E-state index in [2.05, 4.69) is 19.1 Å². The summed E-state index contributed by atoms with van der Waals surface area (Å²) in [6.07, 6.45) is 16.7. The molecule has 20 heavy (non-hydrogen) atoms. The Labute approximate surface area is 124 Å². The molecule has 0 spiro atoms. The molecule has 0 bridgehead atoms. The highest BCUT2D eigenvalue weighted by atomic mass is 16.5. The fourth-order valence-electron chi connectivity index (χ4n) is 2.22. The van der Waals surface area contributed by atoms with Gasteiger partial charge in [-0.15, -0.1) is 0 Å². The van der Waals surface area contributed by atoms with Crippen molar-refractivity contribution in [3.8, 4) is 0 Å². The van der Waals surface area contributed by atoms with Gasteiger partial charge in [-0.25, -0.2) is 4.79 Å². The van der Waals surface area contributed by atoms with Crippen LogP contribution in [0.3, 0.4) is 0 Å². The van der Waals surface area contributed by atoms with Crippen LogP contribution >= 0.6 is 0 Å². The lowest BCUT2D eigenvalue weighted by atomic mass is 10.1. The average molecular weight is 284 g/mol. The zero-order valence-electron chi connectivity index (χ0n) is 13.3. The molecule has 0 saturated heterocycles. The molecule has 1 unspecified atom stereocenters. The summed E-state index contributed by atoms with van der Waals surface area (Å²) >= 11 is 0. The number of ether oxygens (including phenoxy) is 1. The summed E-state index contributed by atoms with van der Waals surface area (Å²) in [5.41, 5.74) is 0. The number of allylic oxidation sites excluding steroid dienone is 2.